The standard InChI is InChI=1S/C18H20BrNO/c1-3-21-13-7-9-17(12(2)11-13)20-18-10-8-14-15(18)5-4-6-16(14)19/h4-7,9,11,18,20H,3,8,10H2,1-2H3. The van der Waals surface area contributed by atoms with E-state index < -0.39 is 0 Å². The Kier molecular flexibility index (Phi) is 4.20. The fourth-order valence-corrected chi connectivity index (χ4v) is 3.58. The summed E-state index contributed by atoms with van der Waals surface area (Å²) in [6.45, 7) is 4.84. The Hall–Kier alpha value is -1.48. The first-order valence-corrected chi connectivity index (χ1v) is 8.25. The van der Waals surface area contributed by atoms with Crippen molar-refractivity contribution in [3.05, 3.63) is 57.6 Å². The first-order chi connectivity index (χ1) is 10.2. The molecular weight excluding hydrogens is 326 g/mol. The number of nitrogens with one attached hydrogen (secondary N) is 1. The molecule has 21 heavy (non-hydrogen) atoms. The quantitative estimate of drug-likeness (QED) is 0.816. The number of rotatable bonds is 4. The van der Waals surface area contributed by atoms with E-state index in [1.54, 1.807) is 0 Å². The molecule has 1 aliphatic carbocycles. The van der Waals surface area contributed by atoms with E-state index in [1.807, 2.05) is 13.0 Å². The van der Waals surface area contributed by atoms with Crippen LogP contribution in [-0.4, -0.2) is 6.61 Å². The Morgan fingerprint density at radius 3 is 2.90 bits per heavy atom. The number of halogens is 1. The fraction of sp³-hybridized carbons (Fsp3) is 0.333. The van der Waals surface area contributed by atoms with Gasteiger partial charge in [-0.3, -0.25) is 0 Å². The van der Waals surface area contributed by atoms with Gasteiger partial charge in [-0.25, -0.2) is 0 Å². The summed E-state index contributed by atoms with van der Waals surface area (Å²) in [7, 11) is 0. The van der Waals surface area contributed by atoms with Crippen molar-refractivity contribution >= 4 is 21.6 Å². The van der Waals surface area contributed by atoms with E-state index in [4.69, 9.17) is 4.74 Å². The Morgan fingerprint density at radius 2 is 2.14 bits per heavy atom. The predicted octanol–water partition coefficient (Wildman–Crippen LogP) is 5.26. The fourth-order valence-electron chi connectivity index (χ4n) is 3.00. The lowest BCUT2D eigenvalue weighted by molar-refractivity contribution is 0.340. The van der Waals surface area contributed by atoms with Crippen LogP contribution in [0.4, 0.5) is 5.69 Å². The molecule has 2 aromatic rings. The molecule has 1 N–H and O–H groups in total. The van der Waals surface area contributed by atoms with Gasteiger partial charge in [0.2, 0.25) is 0 Å². The van der Waals surface area contributed by atoms with Crippen molar-refractivity contribution in [1.29, 1.82) is 0 Å². The van der Waals surface area contributed by atoms with E-state index in [1.165, 1.54) is 26.9 Å². The third kappa shape index (κ3) is 2.93. The molecule has 2 aromatic carbocycles. The number of fused-ring (bicyclic) bond motifs is 1. The molecular formula is C18H20BrNO. The molecule has 0 saturated carbocycles. The number of ether oxygens (including phenoxy) is 1. The van der Waals surface area contributed by atoms with E-state index in [0.29, 0.717) is 12.6 Å². The van der Waals surface area contributed by atoms with Crippen LogP contribution < -0.4 is 10.1 Å². The van der Waals surface area contributed by atoms with Crippen LogP contribution in [0.3, 0.4) is 0 Å². The molecule has 0 heterocycles. The van der Waals surface area contributed by atoms with Gasteiger partial charge >= 0.3 is 0 Å². The summed E-state index contributed by atoms with van der Waals surface area (Å²) in [6.07, 6.45) is 2.27. The maximum absolute atomic E-state index is 5.55. The number of hydrogen-bond donors (Lipinski definition) is 1. The zero-order chi connectivity index (χ0) is 14.8. The Labute approximate surface area is 134 Å². The van der Waals surface area contributed by atoms with Crippen molar-refractivity contribution in [3.63, 3.8) is 0 Å². The highest BCUT2D eigenvalue weighted by Gasteiger charge is 2.24. The van der Waals surface area contributed by atoms with Crippen molar-refractivity contribution in [2.24, 2.45) is 0 Å². The van der Waals surface area contributed by atoms with Crippen LogP contribution in [-0.2, 0) is 6.42 Å². The summed E-state index contributed by atoms with van der Waals surface area (Å²) < 4.78 is 6.78. The lowest BCUT2D eigenvalue weighted by atomic mass is 10.1. The first-order valence-electron chi connectivity index (χ1n) is 7.46. The molecule has 0 aliphatic heterocycles. The van der Waals surface area contributed by atoms with Crippen molar-refractivity contribution in [3.8, 4) is 5.75 Å². The molecule has 1 atom stereocenters. The summed E-state index contributed by atoms with van der Waals surface area (Å²) >= 11 is 3.66. The maximum atomic E-state index is 5.55. The Morgan fingerprint density at radius 1 is 1.29 bits per heavy atom. The van der Waals surface area contributed by atoms with Crippen molar-refractivity contribution in [2.75, 3.05) is 11.9 Å². The van der Waals surface area contributed by atoms with Gasteiger partial charge in [0, 0.05) is 10.2 Å². The molecule has 1 aliphatic rings. The van der Waals surface area contributed by atoms with Crippen LogP contribution >= 0.6 is 15.9 Å². The highest BCUT2D eigenvalue weighted by molar-refractivity contribution is 9.10. The van der Waals surface area contributed by atoms with E-state index in [-0.39, 0.29) is 0 Å². The average molecular weight is 346 g/mol. The molecule has 0 aromatic heterocycles. The minimum absolute atomic E-state index is 0.397. The van der Waals surface area contributed by atoms with Crippen LogP contribution in [0.2, 0.25) is 0 Å². The zero-order valence-corrected chi connectivity index (χ0v) is 14.0. The van der Waals surface area contributed by atoms with Crippen molar-refractivity contribution in [2.45, 2.75) is 32.7 Å². The summed E-state index contributed by atoms with van der Waals surface area (Å²) in [4.78, 5) is 0. The van der Waals surface area contributed by atoms with Crippen molar-refractivity contribution in [1.82, 2.24) is 0 Å². The van der Waals surface area contributed by atoms with Gasteiger partial charge in [-0.15, -0.1) is 0 Å². The van der Waals surface area contributed by atoms with Gasteiger partial charge in [-0.1, -0.05) is 28.1 Å². The molecule has 1 unspecified atom stereocenters. The molecule has 110 valence electrons. The smallest absolute Gasteiger partial charge is 0.119 e. The summed E-state index contributed by atoms with van der Waals surface area (Å²) in [6, 6.07) is 13.1. The highest BCUT2D eigenvalue weighted by Crippen LogP contribution is 2.38. The molecule has 0 spiro atoms. The van der Waals surface area contributed by atoms with Crippen molar-refractivity contribution < 1.29 is 4.74 Å². The second-order valence-corrected chi connectivity index (χ2v) is 6.31. The molecule has 0 fully saturated rings. The van der Waals surface area contributed by atoms with E-state index in [0.717, 1.165) is 18.6 Å². The molecule has 0 radical (unpaired) electrons. The predicted molar refractivity (Wildman–Crippen MR) is 91.2 cm³/mol. The minimum atomic E-state index is 0.397. The van der Waals surface area contributed by atoms with Gasteiger partial charge in [-0.05, 0) is 67.6 Å². The van der Waals surface area contributed by atoms with Crippen LogP contribution in [0, 0.1) is 6.92 Å². The van der Waals surface area contributed by atoms with Gasteiger partial charge in [0.1, 0.15) is 5.75 Å². The highest BCUT2D eigenvalue weighted by atomic mass is 79.9. The molecule has 0 bridgehead atoms. The molecule has 0 amide bonds. The number of aryl methyl sites for hydroxylation is 1. The number of hydrogen-bond acceptors (Lipinski definition) is 2. The third-order valence-corrected chi connectivity index (χ3v) is 4.80. The second-order valence-electron chi connectivity index (χ2n) is 5.45. The Bertz CT molecular complexity index is 654. The van der Waals surface area contributed by atoms with E-state index in [2.05, 4.69) is 58.5 Å². The SMILES string of the molecule is CCOc1ccc(NC2CCc3c(Br)cccc32)c(C)c1. The largest absolute Gasteiger partial charge is 0.494 e. The van der Waals surface area contributed by atoms with Gasteiger partial charge in [-0.2, -0.15) is 0 Å². The maximum Gasteiger partial charge on any atom is 0.119 e. The van der Waals surface area contributed by atoms with E-state index in [9.17, 15) is 0 Å². The number of benzene rings is 2. The molecule has 3 rings (SSSR count). The van der Waals surface area contributed by atoms with Gasteiger partial charge in [0.15, 0.2) is 0 Å². The van der Waals surface area contributed by atoms with E-state index >= 15 is 0 Å². The third-order valence-electron chi connectivity index (χ3n) is 4.05. The molecule has 2 nitrogen and oxygen atoms in total. The van der Waals surface area contributed by atoms with Crippen LogP contribution in [0.25, 0.3) is 0 Å². The lowest BCUT2D eigenvalue weighted by Gasteiger charge is -2.18. The van der Waals surface area contributed by atoms with Gasteiger partial charge in [0.05, 0.1) is 12.6 Å². The topological polar surface area (TPSA) is 21.3 Å². The molecule has 3 heteroatoms. The Balaban J connectivity index is 1.81. The first kappa shape index (κ1) is 14.5. The lowest BCUT2D eigenvalue weighted by Crippen LogP contribution is -2.08. The van der Waals surface area contributed by atoms with Crippen LogP contribution in [0.5, 0.6) is 5.75 Å². The minimum Gasteiger partial charge on any atom is -0.494 e. The van der Waals surface area contributed by atoms with Crippen LogP contribution in [0.1, 0.15) is 36.1 Å². The summed E-state index contributed by atoms with van der Waals surface area (Å²) in [5, 5.41) is 3.69. The number of anilines is 1. The second kappa shape index (κ2) is 6.10. The average Bonchev–Trinajstić information content (AvgIpc) is 2.87. The zero-order valence-electron chi connectivity index (χ0n) is 12.4. The van der Waals surface area contributed by atoms with Gasteiger partial charge < -0.3 is 10.1 Å². The van der Waals surface area contributed by atoms with Crippen LogP contribution in [0.15, 0.2) is 40.9 Å². The summed E-state index contributed by atoms with van der Waals surface area (Å²) in [5.74, 6) is 0.940. The normalized spacial score (nSPS) is 16.6. The molecule has 0 saturated heterocycles. The monoisotopic (exact) mass is 345 g/mol. The van der Waals surface area contributed by atoms with Gasteiger partial charge in [0.25, 0.3) is 0 Å². The summed E-state index contributed by atoms with van der Waals surface area (Å²) in [5.41, 5.74) is 5.27.